The van der Waals surface area contributed by atoms with E-state index in [0.29, 0.717) is 23.7 Å². The van der Waals surface area contributed by atoms with Gasteiger partial charge in [0.05, 0.1) is 12.1 Å². The molecule has 7 heteroatoms. The van der Waals surface area contributed by atoms with Gasteiger partial charge in [-0.1, -0.05) is 18.6 Å². The van der Waals surface area contributed by atoms with Gasteiger partial charge in [0.15, 0.2) is 11.5 Å². The zero-order valence-corrected chi connectivity index (χ0v) is 18.9. The number of aromatic nitrogens is 2. The fourth-order valence-corrected chi connectivity index (χ4v) is 7.87. The number of fused-ring (bicyclic) bond motifs is 5. The summed E-state index contributed by atoms with van der Waals surface area (Å²) < 4.78 is 39.7. The first-order valence-corrected chi connectivity index (χ1v) is 12.0. The molecule has 1 N–H and O–H groups in total. The van der Waals surface area contributed by atoms with Gasteiger partial charge >= 0.3 is 6.18 Å². The third kappa shape index (κ3) is 3.64. The smallest absolute Gasteiger partial charge is 0.390 e. The summed E-state index contributed by atoms with van der Waals surface area (Å²) in [7, 11) is 0. The number of Topliss-reactive ketones (excluding diaryl/α,β-unsaturated/α-hetero) is 1. The van der Waals surface area contributed by atoms with Gasteiger partial charge in [0.25, 0.3) is 0 Å². The molecule has 1 aromatic heterocycles. The van der Waals surface area contributed by atoms with E-state index in [2.05, 4.69) is 18.1 Å². The van der Waals surface area contributed by atoms with Gasteiger partial charge in [-0.15, -0.1) is 0 Å². The van der Waals surface area contributed by atoms with Gasteiger partial charge in [-0.2, -0.15) is 18.3 Å². The molecule has 0 spiro atoms. The van der Waals surface area contributed by atoms with Crippen molar-refractivity contribution < 1.29 is 23.1 Å². The molecule has 32 heavy (non-hydrogen) atoms. The normalized spacial score (nSPS) is 41.4. The lowest BCUT2D eigenvalue weighted by Crippen LogP contribution is -2.48. The van der Waals surface area contributed by atoms with Crippen molar-refractivity contribution >= 4 is 5.78 Å². The third-order valence-electron chi connectivity index (χ3n) is 9.35. The molecular weight excluding hydrogens is 417 g/mol. The molecule has 0 aliphatic heterocycles. The first-order valence-electron chi connectivity index (χ1n) is 12.0. The van der Waals surface area contributed by atoms with Gasteiger partial charge in [-0.05, 0) is 93.4 Å². The highest BCUT2D eigenvalue weighted by molar-refractivity contribution is 5.82. The Balaban J connectivity index is 1.31. The molecule has 4 aliphatic carbocycles. The minimum absolute atomic E-state index is 0.0195. The molecule has 1 aromatic rings. The summed E-state index contributed by atoms with van der Waals surface area (Å²) in [5.74, 6) is 2.18. The van der Waals surface area contributed by atoms with Crippen LogP contribution >= 0.6 is 0 Å². The first kappa shape index (κ1) is 22.2. The molecule has 7 atom stereocenters. The van der Waals surface area contributed by atoms with Crippen LogP contribution in [-0.2, 0) is 17.5 Å². The van der Waals surface area contributed by atoms with Crippen molar-refractivity contribution in [3.05, 3.63) is 29.6 Å². The Morgan fingerprint density at radius 2 is 1.97 bits per heavy atom. The Hall–Kier alpha value is -1.63. The summed E-state index contributed by atoms with van der Waals surface area (Å²) in [5, 5.41) is 14.1. The largest absolute Gasteiger partial charge is 0.435 e. The number of hydrogen-bond donors (Lipinski definition) is 1. The van der Waals surface area contributed by atoms with E-state index < -0.39 is 17.5 Å². The van der Waals surface area contributed by atoms with Crippen molar-refractivity contribution in [3.8, 4) is 0 Å². The van der Waals surface area contributed by atoms with Crippen LogP contribution in [0.25, 0.3) is 0 Å². The summed E-state index contributed by atoms with van der Waals surface area (Å²) in [6.07, 6.45) is 6.82. The van der Waals surface area contributed by atoms with Gasteiger partial charge < -0.3 is 5.11 Å². The molecule has 1 heterocycles. The molecule has 0 amide bonds. The maximum Gasteiger partial charge on any atom is 0.435 e. The van der Waals surface area contributed by atoms with E-state index in [-0.39, 0.29) is 23.7 Å². The summed E-state index contributed by atoms with van der Waals surface area (Å²) in [4.78, 5) is 13.2. The van der Waals surface area contributed by atoms with Crippen LogP contribution < -0.4 is 0 Å². The SMILES string of the molecule is CC1(O)CCC2C(=CCC3C2CCC2(C)C(C(=O)Cn4ccc(C(F)(F)F)n4)CCC32)C1. The molecule has 176 valence electrons. The van der Waals surface area contributed by atoms with Crippen molar-refractivity contribution in [1.29, 1.82) is 0 Å². The van der Waals surface area contributed by atoms with Crippen LogP contribution in [0.5, 0.6) is 0 Å². The number of rotatable bonds is 3. The number of alkyl halides is 3. The minimum atomic E-state index is -4.49. The number of allylic oxidation sites excluding steroid dienone is 1. The second-order valence-electron chi connectivity index (χ2n) is 11.3. The zero-order valence-electron chi connectivity index (χ0n) is 18.9. The molecule has 4 aliphatic rings. The highest BCUT2D eigenvalue weighted by Gasteiger charge is 2.57. The van der Waals surface area contributed by atoms with E-state index in [1.165, 1.54) is 11.8 Å². The Morgan fingerprint density at radius 1 is 1.19 bits per heavy atom. The molecule has 3 saturated carbocycles. The summed E-state index contributed by atoms with van der Waals surface area (Å²) in [5.41, 5.74) is -0.167. The molecule has 5 rings (SSSR count). The van der Waals surface area contributed by atoms with Crippen molar-refractivity contribution in [1.82, 2.24) is 9.78 Å². The number of carbonyl (C=O) groups excluding carboxylic acids is 1. The minimum Gasteiger partial charge on any atom is -0.390 e. The molecule has 3 fully saturated rings. The maximum absolute atomic E-state index is 13.2. The van der Waals surface area contributed by atoms with Crippen LogP contribution in [0.1, 0.15) is 70.9 Å². The second kappa shape index (κ2) is 7.44. The number of carbonyl (C=O) groups is 1. The quantitative estimate of drug-likeness (QED) is 0.627. The van der Waals surface area contributed by atoms with E-state index in [1.807, 2.05) is 6.92 Å². The highest BCUT2D eigenvalue weighted by Crippen LogP contribution is 2.63. The number of nitrogens with zero attached hydrogens (tertiary/aromatic N) is 2. The maximum atomic E-state index is 13.2. The lowest BCUT2D eigenvalue weighted by atomic mass is 9.51. The van der Waals surface area contributed by atoms with Crippen LogP contribution in [0.3, 0.4) is 0 Å². The van der Waals surface area contributed by atoms with E-state index in [9.17, 15) is 23.1 Å². The zero-order chi connectivity index (χ0) is 22.9. The highest BCUT2D eigenvalue weighted by atomic mass is 19.4. The molecule has 0 saturated heterocycles. The van der Waals surface area contributed by atoms with Crippen LogP contribution in [-0.4, -0.2) is 26.3 Å². The molecule has 4 nitrogen and oxygen atoms in total. The number of halogens is 3. The lowest BCUT2D eigenvalue weighted by Gasteiger charge is -2.54. The fourth-order valence-electron chi connectivity index (χ4n) is 7.87. The van der Waals surface area contributed by atoms with Gasteiger partial charge in [-0.25, -0.2) is 0 Å². The topological polar surface area (TPSA) is 55.1 Å². The average molecular weight is 451 g/mol. The van der Waals surface area contributed by atoms with E-state index in [0.717, 1.165) is 62.1 Å². The number of ketones is 1. The molecule has 0 radical (unpaired) electrons. The van der Waals surface area contributed by atoms with Crippen molar-refractivity contribution in [2.45, 2.75) is 83.5 Å². The van der Waals surface area contributed by atoms with Crippen LogP contribution in [0, 0.1) is 35.0 Å². The molecule has 7 unspecified atom stereocenters. The van der Waals surface area contributed by atoms with E-state index in [1.54, 1.807) is 0 Å². The molecule has 0 aromatic carbocycles. The van der Waals surface area contributed by atoms with Crippen molar-refractivity contribution in [3.63, 3.8) is 0 Å². The Morgan fingerprint density at radius 3 is 2.69 bits per heavy atom. The number of aliphatic hydroxyl groups is 1. The van der Waals surface area contributed by atoms with Crippen LogP contribution in [0.4, 0.5) is 13.2 Å². The lowest BCUT2D eigenvalue weighted by molar-refractivity contribution is -0.142. The van der Waals surface area contributed by atoms with Gasteiger partial charge in [0.1, 0.15) is 0 Å². The van der Waals surface area contributed by atoms with Gasteiger partial charge in [0.2, 0.25) is 0 Å². The summed E-state index contributed by atoms with van der Waals surface area (Å²) in [6, 6.07) is 0.936. The third-order valence-corrected chi connectivity index (χ3v) is 9.35. The fraction of sp³-hybridized carbons (Fsp3) is 0.760. The van der Waals surface area contributed by atoms with Crippen molar-refractivity contribution in [2.24, 2.45) is 35.0 Å². The van der Waals surface area contributed by atoms with Gasteiger partial charge in [-0.3, -0.25) is 9.48 Å². The Labute approximate surface area is 187 Å². The van der Waals surface area contributed by atoms with Gasteiger partial charge in [0, 0.05) is 12.1 Å². The standard InChI is InChI=1S/C25H33F3N2O2/c1-23(32)10-7-16-15(13-23)3-4-18-17(16)8-11-24(2)19(18)5-6-20(24)21(31)14-30-12-9-22(29-30)25(26,27)28/h3,9,12,16-20,32H,4-8,10-11,13-14H2,1-2H3. The second-order valence-corrected chi connectivity index (χ2v) is 11.3. The predicted molar refractivity (Wildman–Crippen MR) is 113 cm³/mol. The van der Waals surface area contributed by atoms with E-state index >= 15 is 0 Å². The Bertz CT molecular complexity index is 934. The molecule has 0 bridgehead atoms. The summed E-state index contributed by atoms with van der Waals surface area (Å²) >= 11 is 0. The van der Waals surface area contributed by atoms with Crippen molar-refractivity contribution in [2.75, 3.05) is 0 Å². The first-order chi connectivity index (χ1) is 15.0. The van der Waals surface area contributed by atoms with Crippen LogP contribution in [0.15, 0.2) is 23.9 Å². The summed E-state index contributed by atoms with van der Waals surface area (Å²) in [6.45, 7) is 4.11. The Kier molecular flexibility index (Phi) is 5.16. The van der Waals surface area contributed by atoms with Crippen LogP contribution in [0.2, 0.25) is 0 Å². The van der Waals surface area contributed by atoms with E-state index in [4.69, 9.17) is 0 Å². The number of hydrogen-bond acceptors (Lipinski definition) is 3. The predicted octanol–water partition coefficient (Wildman–Crippen LogP) is 5.41. The average Bonchev–Trinajstić information content (AvgIpc) is 3.30. The monoisotopic (exact) mass is 450 g/mol. The molecular formula is C25H33F3N2O2.